The number of thiazole rings is 1. The second-order valence-corrected chi connectivity index (χ2v) is 7.14. The Morgan fingerprint density at radius 3 is 3.08 bits per heavy atom. The van der Waals surface area contributed by atoms with Gasteiger partial charge < -0.3 is 10.1 Å². The Labute approximate surface area is 144 Å². The van der Waals surface area contributed by atoms with Crippen LogP contribution in [0.1, 0.15) is 27.9 Å². The van der Waals surface area contributed by atoms with E-state index in [2.05, 4.69) is 22.4 Å². The van der Waals surface area contributed by atoms with E-state index in [1.54, 1.807) is 0 Å². The van der Waals surface area contributed by atoms with Crippen molar-refractivity contribution in [2.75, 3.05) is 6.61 Å². The van der Waals surface area contributed by atoms with Crippen molar-refractivity contribution in [1.82, 2.24) is 10.3 Å². The molecule has 4 nitrogen and oxygen atoms in total. The lowest BCUT2D eigenvalue weighted by Crippen LogP contribution is -2.34. The molecule has 0 saturated carbocycles. The van der Waals surface area contributed by atoms with Crippen molar-refractivity contribution in [2.24, 2.45) is 0 Å². The molecule has 2 aromatic carbocycles. The minimum Gasteiger partial charge on any atom is -0.493 e. The first-order valence-electron chi connectivity index (χ1n) is 8.10. The molecular formula is C19H18N2O2S. The molecule has 0 radical (unpaired) electrons. The van der Waals surface area contributed by atoms with Gasteiger partial charge in [-0.05, 0) is 42.7 Å². The molecule has 0 unspecified atom stereocenters. The number of nitrogens with one attached hydrogen (secondary N) is 1. The van der Waals surface area contributed by atoms with Crippen molar-refractivity contribution in [1.29, 1.82) is 0 Å². The number of nitrogens with zero attached hydrogens (tertiary/aromatic N) is 1. The number of ether oxygens (including phenoxy) is 1. The summed E-state index contributed by atoms with van der Waals surface area (Å²) in [6.07, 6.45) is 1.76. The quantitative estimate of drug-likeness (QED) is 0.791. The standard InChI is InChI=1S/C19H18N2O2S/c1-12(10-13-6-7-16-14(11-13)8-9-23-16)20-18(22)19-21-15-4-2-3-5-17(15)24-19/h2-7,11-12H,8-10H2,1H3,(H,20,22)/t12-/m0/s1. The van der Waals surface area contributed by atoms with E-state index in [0.29, 0.717) is 5.01 Å². The number of carbonyl (C=O) groups is 1. The molecule has 0 spiro atoms. The lowest BCUT2D eigenvalue weighted by Gasteiger charge is -2.13. The van der Waals surface area contributed by atoms with Gasteiger partial charge in [0.2, 0.25) is 0 Å². The Hall–Kier alpha value is -2.40. The third-order valence-corrected chi connectivity index (χ3v) is 5.20. The number of hydrogen-bond acceptors (Lipinski definition) is 4. The van der Waals surface area contributed by atoms with E-state index in [0.717, 1.165) is 35.4 Å². The topological polar surface area (TPSA) is 51.2 Å². The highest BCUT2D eigenvalue weighted by Crippen LogP contribution is 2.26. The van der Waals surface area contributed by atoms with Crippen LogP contribution in [-0.2, 0) is 12.8 Å². The predicted octanol–water partition coefficient (Wildman–Crippen LogP) is 3.59. The Morgan fingerprint density at radius 2 is 2.21 bits per heavy atom. The van der Waals surface area contributed by atoms with Gasteiger partial charge in [-0.3, -0.25) is 4.79 Å². The highest BCUT2D eigenvalue weighted by molar-refractivity contribution is 7.20. The van der Waals surface area contributed by atoms with E-state index < -0.39 is 0 Å². The molecule has 0 bridgehead atoms. The summed E-state index contributed by atoms with van der Waals surface area (Å²) in [4.78, 5) is 16.8. The molecule has 1 aromatic heterocycles. The van der Waals surface area contributed by atoms with Crippen LogP contribution in [0.4, 0.5) is 0 Å². The number of benzene rings is 2. The molecule has 4 rings (SSSR count). The smallest absolute Gasteiger partial charge is 0.280 e. The highest BCUT2D eigenvalue weighted by Gasteiger charge is 2.16. The summed E-state index contributed by atoms with van der Waals surface area (Å²) in [6.45, 7) is 2.79. The van der Waals surface area contributed by atoms with Crippen LogP contribution in [-0.4, -0.2) is 23.5 Å². The van der Waals surface area contributed by atoms with Crippen LogP contribution < -0.4 is 10.1 Å². The Morgan fingerprint density at radius 1 is 1.33 bits per heavy atom. The van der Waals surface area contributed by atoms with Crippen LogP contribution in [0.5, 0.6) is 5.75 Å². The van der Waals surface area contributed by atoms with Crippen LogP contribution in [0, 0.1) is 0 Å². The van der Waals surface area contributed by atoms with Gasteiger partial charge in [-0.25, -0.2) is 4.98 Å². The lowest BCUT2D eigenvalue weighted by atomic mass is 10.0. The van der Waals surface area contributed by atoms with E-state index in [-0.39, 0.29) is 11.9 Å². The second kappa shape index (κ2) is 6.24. The molecule has 1 amide bonds. The molecule has 1 aliphatic rings. The zero-order valence-corrected chi connectivity index (χ0v) is 14.2. The summed E-state index contributed by atoms with van der Waals surface area (Å²) in [6, 6.07) is 14.1. The maximum absolute atomic E-state index is 12.4. The summed E-state index contributed by atoms with van der Waals surface area (Å²) < 4.78 is 6.57. The molecule has 2 heterocycles. The van der Waals surface area contributed by atoms with Crippen LogP contribution >= 0.6 is 11.3 Å². The Bertz CT molecular complexity index is 870. The molecule has 1 N–H and O–H groups in total. The minimum absolute atomic E-state index is 0.0462. The summed E-state index contributed by atoms with van der Waals surface area (Å²) in [7, 11) is 0. The highest BCUT2D eigenvalue weighted by atomic mass is 32.1. The first kappa shape index (κ1) is 15.1. The van der Waals surface area contributed by atoms with Crippen molar-refractivity contribution >= 4 is 27.5 Å². The molecule has 5 heteroatoms. The fraction of sp³-hybridized carbons (Fsp3) is 0.263. The number of rotatable bonds is 4. The van der Waals surface area contributed by atoms with Gasteiger partial charge in [0.25, 0.3) is 5.91 Å². The van der Waals surface area contributed by atoms with Crippen LogP contribution in [0.2, 0.25) is 0 Å². The van der Waals surface area contributed by atoms with E-state index >= 15 is 0 Å². The zero-order chi connectivity index (χ0) is 16.5. The van der Waals surface area contributed by atoms with Gasteiger partial charge in [0.1, 0.15) is 5.75 Å². The fourth-order valence-electron chi connectivity index (χ4n) is 3.03. The van der Waals surface area contributed by atoms with Gasteiger partial charge in [0, 0.05) is 12.5 Å². The first-order chi connectivity index (χ1) is 11.7. The molecule has 122 valence electrons. The third-order valence-electron chi connectivity index (χ3n) is 4.16. The van der Waals surface area contributed by atoms with E-state index in [4.69, 9.17) is 4.74 Å². The van der Waals surface area contributed by atoms with E-state index in [9.17, 15) is 4.79 Å². The molecule has 24 heavy (non-hydrogen) atoms. The summed E-state index contributed by atoms with van der Waals surface area (Å²) in [5, 5.41) is 3.57. The van der Waals surface area contributed by atoms with Gasteiger partial charge in [-0.2, -0.15) is 0 Å². The van der Waals surface area contributed by atoms with E-state index in [1.165, 1.54) is 22.5 Å². The second-order valence-electron chi connectivity index (χ2n) is 6.11. The van der Waals surface area contributed by atoms with Crippen molar-refractivity contribution in [3.63, 3.8) is 0 Å². The number of hydrogen-bond donors (Lipinski definition) is 1. The molecule has 1 aliphatic heterocycles. The predicted molar refractivity (Wildman–Crippen MR) is 95.9 cm³/mol. The molecule has 0 saturated heterocycles. The zero-order valence-electron chi connectivity index (χ0n) is 13.4. The van der Waals surface area contributed by atoms with Crippen molar-refractivity contribution in [3.05, 3.63) is 58.6 Å². The average Bonchev–Trinajstić information content (AvgIpc) is 3.20. The van der Waals surface area contributed by atoms with Crippen LogP contribution in [0.15, 0.2) is 42.5 Å². The summed E-state index contributed by atoms with van der Waals surface area (Å²) >= 11 is 1.43. The third kappa shape index (κ3) is 2.99. The van der Waals surface area contributed by atoms with Gasteiger partial charge in [-0.15, -0.1) is 11.3 Å². The number of fused-ring (bicyclic) bond motifs is 2. The number of aromatic nitrogens is 1. The average molecular weight is 338 g/mol. The van der Waals surface area contributed by atoms with Gasteiger partial charge >= 0.3 is 0 Å². The monoisotopic (exact) mass is 338 g/mol. The summed E-state index contributed by atoms with van der Waals surface area (Å²) in [5.41, 5.74) is 3.35. The van der Waals surface area contributed by atoms with E-state index in [1.807, 2.05) is 37.3 Å². The lowest BCUT2D eigenvalue weighted by molar-refractivity contribution is 0.0940. The Kier molecular flexibility index (Phi) is 3.94. The van der Waals surface area contributed by atoms with Crippen LogP contribution in [0.25, 0.3) is 10.2 Å². The van der Waals surface area contributed by atoms with Crippen molar-refractivity contribution in [2.45, 2.75) is 25.8 Å². The Balaban J connectivity index is 1.43. The fourth-order valence-corrected chi connectivity index (χ4v) is 3.90. The van der Waals surface area contributed by atoms with Crippen molar-refractivity contribution in [3.8, 4) is 5.75 Å². The van der Waals surface area contributed by atoms with Gasteiger partial charge in [0.05, 0.1) is 16.8 Å². The number of carbonyl (C=O) groups excluding carboxylic acids is 1. The molecule has 1 atom stereocenters. The van der Waals surface area contributed by atoms with Crippen molar-refractivity contribution < 1.29 is 9.53 Å². The number of amides is 1. The maximum atomic E-state index is 12.4. The summed E-state index contributed by atoms with van der Waals surface area (Å²) in [5.74, 6) is 0.887. The minimum atomic E-state index is -0.104. The van der Waals surface area contributed by atoms with Crippen LogP contribution in [0.3, 0.4) is 0 Å². The first-order valence-corrected chi connectivity index (χ1v) is 8.92. The van der Waals surface area contributed by atoms with Gasteiger partial charge in [0.15, 0.2) is 5.01 Å². The van der Waals surface area contributed by atoms with Gasteiger partial charge in [-0.1, -0.05) is 24.3 Å². The molecule has 3 aromatic rings. The molecular weight excluding hydrogens is 320 g/mol. The SMILES string of the molecule is C[C@@H](Cc1ccc2c(c1)CCO2)NC(=O)c1nc2ccccc2s1. The number of para-hydroxylation sites is 1. The maximum Gasteiger partial charge on any atom is 0.280 e. The molecule has 0 fully saturated rings. The largest absolute Gasteiger partial charge is 0.493 e. The normalized spacial score (nSPS) is 14.2. The molecule has 0 aliphatic carbocycles.